The van der Waals surface area contributed by atoms with Crippen LogP contribution in [0.5, 0.6) is 0 Å². The number of aromatic nitrogens is 3. The average Bonchev–Trinajstić information content (AvgIpc) is 3.39. The first-order valence-corrected chi connectivity index (χ1v) is 13.4. The lowest BCUT2D eigenvalue weighted by atomic mass is 10.1. The molecule has 2 saturated heterocycles. The number of fused-ring (bicyclic) bond motifs is 1. The minimum absolute atomic E-state index is 0.0205. The molecule has 0 aromatic carbocycles. The number of rotatable bonds is 5. The first-order chi connectivity index (χ1) is 18.0. The summed E-state index contributed by atoms with van der Waals surface area (Å²) in [5.41, 5.74) is 4.17. The van der Waals surface area contributed by atoms with Gasteiger partial charge in [-0.15, -0.1) is 0 Å². The lowest BCUT2D eigenvalue weighted by Gasteiger charge is -2.36. The SMILES string of the molecule is CCNC(=O)N1CCN(c2ccnn3cc(-c4ccccn4)cc23)CC1.COC1CCCN(C(C)C)C1. The number of piperidine rings is 1. The molecule has 3 aromatic heterocycles. The van der Waals surface area contributed by atoms with Crippen LogP contribution >= 0.6 is 0 Å². The maximum absolute atomic E-state index is 12.0. The molecule has 2 aliphatic rings. The van der Waals surface area contributed by atoms with Gasteiger partial charge in [-0.05, 0) is 64.4 Å². The van der Waals surface area contributed by atoms with E-state index in [1.165, 1.54) is 19.4 Å². The number of piperazine rings is 1. The van der Waals surface area contributed by atoms with Crippen molar-refractivity contribution < 1.29 is 9.53 Å². The molecule has 2 amide bonds. The van der Waals surface area contributed by atoms with Gasteiger partial charge in [0.25, 0.3) is 0 Å². The van der Waals surface area contributed by atoms with Crippen LogP contribution in [0.1, 0.15) is 33.6 Å². The van der Waals surface area contributed by atoms with Crippen LogP contribution in [0.3, 0.4) is 0 Å². The Kier molecular flexibility index (Phi) is 9.35. The van der Waals surface area contributed by atoms with E-state index < -0.39 is 0 Å². The van der Waals surface area contributed by atoms with Gasteiger partial charge in [0, 0.05) is 76.6 Å². The molecule has 1 unspecified atom stereocenters. The number of nitrogens with zero attached hydrogens (tertiary/aromatic N) is 6. The van der Waals surface area contributed by atoms with E-state index in [0.717, 1.165) is 42.1 Å². The number of carbonyl (C=O) groups excluding carboxylic acids is 1. The highest BCUT2D eigenvalue weighted by Crippen LogP contribution is 2.27. The summed E-state index contributed by atoms with van der Waals surface area (Å²) in [6.45, 7) is 12.5. The van der Waals surface area contributed by atoms with Crippen LogP contribution in [0.4, 0.5) is 10.5 Å². The number of ether oxygens (including phenoxy) is 1. The highest BCUT2D eigenvalue weighted by atomic mass is 16.5. The van der Waals surface area contributed by atoms with E-state index in [0.29, 0.717) is 31.8 Å². The fourth-order valence-electron chi connectivity index (χ4n) is 4.98. The lowest BCUT2D eigenvalue weighted by molar-refractivity contribution is 0.0203. The molecule has 200 valence electrons. The van der Waals surface area contributed by atoms with E-state index in [9.17, 15) is 4.79 Å². The monoisotopic (exact) mass is 507 g/mol. The van der Waals surface area contributed by atoms with Crippen molar-refractivity contribution in [3.8, 4) is 11.3 Å². The second-order valence-corrected chi connectivity index (χ2v) is 9.89. The molecule has 37 heavy (non-hydrogen) atoms. The lowest BCUT2D eigenvalue weighted by Crippen LogP contribution is -2.51. The number of carbonyl (C=O) groups is 1. The molecule has 0 spiro atoms. The molecular formula is C28H41N7O2. The number of amides is 2. The summed E-state index contributed by atoms with van der Waals surface area (Å²) in [5.74, 6) is 0. The molecule has 2 aliphatic heterocycles. The molecule has 2 fully saturated rings. The summed E-state index contributed by atoms with van der Waals surface area (Å²) >= 11 is 0. The van der Waals surface area contributed by atoms with Gasteiger partial charge >= 0.3 is 6.03 Å². The Bertz CT molecular complexity index is 1130. The van der Waals surface area contributed by atoms with Crippen molar-refractivity contribution in [2.24, 2.45) is 0 Å². The number of hydrogen-bond donors (Lipinski definition) is 1. The Labute approximate surface area is 220 Å². The molecular weight excluding hydrogens is 466 g/mol. The number of anilines is 1. The van der Waals surface area contributed by atoms with Gasteiger partial charge in [0.1, 0.15) is 0 Å². The standard InChI is InChI=1S/C19H22N6O.C9H19NO/c1-2-20-19(26)24-11-9-23(10-12-24)17-6-8-22-25-14-15(13-18(17)25)16-5-3-4-7-21-16;1-8(2)10-6-4-5-9(7-10)11-3/h3-8,13-14H,2,9-12H2,1H3,(H,20,26);8-9H,4-7H2,1-3H3. The summed E-state index contributed by atoms with van der Waals surface area (Å²) in [6, 6.07) is 10.8. The van der Waals surface area contributed by atoms with Crippen LogP contribution < -0.4 is 10.2 Å². The third-order valence-electron chi connectivity index (χ3n) is 7.16. The van der Waals surface area contributed by atoms with Gasteiger partial charge in [-0.25, -0.2) is 9.31 Å². The molecule has 1 N–H and O–H groups in total. The quantitative estimate of drug-likeness (QED) is 0.567. The van der Waals surface area contributed by atoms with Crippen molar-refractivity contribution >= 4 is 17.2 Å². The van der Waals surface area contributed by atoms with Crippen molar-refractivity contribution in [3.05, 3.63) is 48.9 Å². The van der Waals surface area contributed by atoms with E-state index >= 15 is 0 Å². The van der Waals surface area contributed by atoms with E-state index in [1.54, 1.807) is 6.20 Å². The number of methoxy groups -OCH3 is 1. The van der Waals surface area contributed by atoms with Crippen LogP contribution in [-0.2, 0) is 4.74 Å². The molecule has 1 atom stereocenters. The van der Waals surface area contributed by atoms with Gasteiger partial charge in [0.2, 0.25) is 0 Å². The molecule has 0 bridgehead atoms. The summed E-state index contributed by atoms with van der Waals surface area (Å²) in [6.07, 6.45) is 8.63. The molecule has 0 saturated carbocycles. The molecule has 0 radical (unpaired) electrons. The van der Waals surface area contributed by atoms with Gasteiger partial charge in [0.05, 0.1) is 23.0 Å². The number of urea groups is 1. The van der Waals surface area contributed by atoms with E-state index in [4.69, 9.17) is 4.74 Å². The zero-order valence-corrected chi connectivity index (χ0v) is 22.6. The molecule has 9 nitrogen and oxygen atoms in total. The maximum atomic E-state index is 12.0. The highest BCUT2D eigenvalue weighted by molar-refractivity contribution is 5.79. The van der Waals surface area contributed by atoms with Gasteiger partial charge in [0.15, 0.2) is 0 Å². The molecule has 5 rings (SSSR count). The maximum Gasteiger partial charge on any atom is 0.317 e. The Hall–Kier alpha value is -3.17. The fraction of sp³-hybridized carbons (Fsp3) is 0.536. The fourth-order valence-corrected chi connectivity index (χ4v) is 4.98. The number of nitrogens with one attached hydrogen (secondary N) is 1. The summed E-state index contributed by atoms with van der Waals surface area (Å²) in [5, 5.41) is 7.31. The van der Waals surface area contributed by atoms with Crippen LogP contribution in [0.25, 0.3) is 16.8 Å². The van der Waals surface area contributed by atoms with Crippen molar-refractivity contribution in [2.45, 2.75) is 45.8 Å². The minimum Gasteiger partial charge on any atom is -0.380 e. The minimum atomic E-state index is 0.0205. The van der Waals surface area contributed by atoms with Gasteiger partial charge in [-0.3, -0.25) is 9.88 Å². The molecule has 5 heterocycles. The molecule has 0 aliphatic carbocycles. The molecule has 9 heteroatoms. The number of hydrogen-bond acceptors (Lipinski definition) is 6. The Balaban J connectivity index is 0.000000245. The molecule has 3 aromatic rings. The van der Waals surface area contributed by atoms with Crippen molar-refractivity contribution in [2.75, 3.05) is 57.8 Å². The summed E-state index contributed by atoms with van der Waals surface area (Å²) in [4.78, 5) is 23.1. The normalized spacial score (nSPS) is 18.6. The number of pyridine rings is 1. The van der Waals surface area contributed by atoms with Crippen LogP contribution in [-0.4, -0.2) is 95.5 Å². The zero-order valence-electron chi connectivity index (χ0n) is 22.6. The highest BCUT2D eigenvalue weighted by Gasteiger charge is 2.23. The van der Waals surface area contributed by atoms with Crippen LogP contribution in [0.2, 0.25) is 0 Å². The largest absolute Gasteiger partial charge is 0.380 e. The second-order valence-electron chi connectivity index (χ2n) is 9.89. The topological polar surface area (TPSA) is 78.2 Å². The van der Waals surface area contributed by atoms with E-state index in [1.807, 2.05) is 60.1 Å². The van der Waals surface area contributed by atoms with Crippen molar-refractivity contribution in [1.82, 2.24) is 29.7 Å². The Morgan fingerprint density at radius 3 is 2.62 bits per heavy atom. The summed E-state index contributed by atoms with van der Waals surface area (Å²) in [7, 11) is 1.81. The first-order valence-electron chi connectivity index (χ1n) is 13.4. The number of likely N-dealkylation sites (tertiary alicyclic amines) is 1. The second kappa shape index (κ2) is 12.9. The van der Waals surface area contributed by atoms with Crippen LogP contribution in [0.15, 0.2) is 48.9 Å². The summed E-state index contributed by atoms with van der Waals surface area (Å²) < 4.78 is 7.23. The predicted octanol–water partition coefficient (Wildman–Crippen LogP) is 3.75. The predicted molar refractivity (Wildman–Crippen MR) is 148 cm³/mol. The third-order valence-corrected chi connectivity index (χ3v) is 7.16. The zero-order chi connectivity index (χ0) is 26.2. The van der Waals surface area contributed by atoms with Crippen molar-refractivity contribution in [1.29, 1.82) is 0 Å². The van der Waals surface area contributed by atoms with Gasteiger partial charge in [-0.1, -0.05) is 6.07 Å². The average molecular weight is 508 g/mol. The first kappa shape index (κ1) is 26.9. The van der Waals surface area contributed by atoms with Gasteiger partial charge < -0.3 is 19.9 Å². The van der Waals surface area contributed by atoms with Crippen molar-refractivity contribution in [3.63, 3.8) is 0 Å². The van der Waals surface area contributed by atoms with Gasteiger partial charge in [-0.2, -0.15) is 5.10 Å². The smallest absolute Gasteiger partial charge is 0.317 e. The Morgan fingerprint density at radius 2 is 1.95 bits per heavy atom. The Morgan fingerprint density at radius 1 is 1.14 bits per heavy atom. The van der Waals surface area contributed by atoms with E-state index in [-0.39, 0.29) is 6.03 Å². The third kappa shape index (κ3) is 6.78. The van der Waals surface area contributed by atoms with Crippen LogP contribution in [0, 0.1) is 0 Å². The van der Waals surface area contributed by atoms with E-state index in [2.05, 4.69) is 45.1 Å².